The average molecular weight is 278 g/mol. The minimum absolute atomic E-state index is 0.656. The van der Waals surface area contributed by atoms with Crippen LogP contribution in [0.15, 0.2) is 24.3 Å². The smallest absolute Gasteiger partial charge is 0.0351 e. The summed E-state index contributed by atoms with van der Waals surface area (Å²) in [7, 11) is 0. The highest BCUT2D eigenvalue weighted by atomic mass is 14.1. The van der Waals surface area contributed by atoms with Gasteiger partial charge in [0.05, 0.1) is 0 Å². The van der Waals surface area contributed by atoms with Gasteiger partial charge in [0.1, 0.15) is 0 Å². The molecule has 0 spiro atoms. The summed E-state index contributed by atoms with van der Waals surface area (Å²) in [6.45, 7) is 8.77. The lowest BCUT2D eigenvalue weighted by molar-refractivity contribution is 0.505. The minimum atomic E-state index is 0.656. The van der Waals surface area contributed by atoms with Gasteiger partial charge in [-0.15, -0.1) is 0 Å². The number of hydrogen-bond acceptors (Lipinski definition) is 0. The van der Waals surface area contributed by atoms with Crippen LogP contribution < -0.4 is 0 Å². The van der Waals surface area contributed by atoms with Crippen LogP contribution in [-0.2, 0) is 0 Å². The normalized spacial score (nSPS) is 13.6. The molecule has 0 saturated carbocycles. The van der Waals surface area contributed by atoms with Gasteiger partial charge in [-0.3, -0.25) is 0 Å². The van der Waals surface area contributed by atoms with Gasteiger partial charge in [-0.1, -0.05) is 77.2 Å². The molecule has 0 aliphatic rings. The van der Waals surface area contributed by atoms with Crippen molar-refractivity contribution in [2.75, 3.05) is 0 Å². The summed E-state index contributed by atoms with van der Waals surface area (Å²) in [4.78, 5) is 0. The Morgan fingerprint density at radius 1 is 0.650 bits per heavy atom. The maximum atomic E-state index is 4.28. The molecule has 117 valence electrons. The molecule has 1 atom stereocenters. The molecule has 0 aliphatic carbocycles. The lowest BCUT2D eigenvalue weighted by Crippen LogP contribution is -1.94. The van der Waals surface area contributed by atoms with E-state index in [4.69, 9.17) is 0 Å². The molecule has 0 heteroatoms. The predicted molar refractivity (Wildman–Crippen MR) is 93.9 cm³/mol. The summed E-state index contributed by atoms with van der Waals surface area (Å²) in [5.74, 6) is 0.656. The van der Waals surface area contributed by atoms with E-state index in [-0.39, 0.29) is 0 Å². The Balaban J connectivity index is 3.29. The molecule has 0 aliphatic heterocycles. The molecule has 0 bridgehead atoms. The Labute approximate surface area is 128 Å². The number of allylic oxidation sites excluding steroid dienone is 4. The van der Waals surface area contributed by atoms with E-state index in [1.54, 1.807) is 0 Å². The molecule has 0 aromatic heterocycles. The van der Waals surface area contributed by atoms with Crippen molar-refractivity contribution in [1.82, 2.24) is 0 Å². The number of hydrogen-bond donors (Lipinski definition) is 0. The fraction of sp³-hybridized carbons (Fsp3) is 0.750. The van der Waals surface area contributed by atoms with Crippen molar-refractivity contribution in [3.63, 3.8) is 0 Å². The Morgan fingerprint density at radius 2 is 1.15 bits per heavy atom. The van der Waals surface area contributed by atoms with E-state index in [0.29, 0.717) is 5.92 Å². The molecule has 0 saturated heterocycles. The van der Waals surface area contributed by atoms with E-state index >= 15 is 0 Å². The van der Waals surface area contributed by atoms with Gasteiger partial charge in [0, 0.05) is 0 Å². The molecule has 1 unspecified atom stereocenters. The van der Waals surface area contributed by atoms with Crippen LogP contribution >= 0.6 is 0 Å². The number of rotatable bonds is 14. The Hall–Kier alpha value is -0.520. The third-order valence-electron chi connectivity index (χ3n) is 3.73. The van der Waals surface area contributed by atoms with Gasteiger partial charge in [0.15, 0.2) is 0 Å². The molecule has 0 aromatic rings. The molecular formula is C20H37. The summed E-state index contributed by atoms with van der Waals surface area (Å²) < 4.78 is 0. The van der Waals surface area contributed by atoms with E-state index in [2.05, 4.69) is 45.1 Å². The molecule has 20 heavy (non-hydrogen) atoms. The van der Waals surface area contributed by atoms with Crippen LogP contribution in [0.1, 0.15) is 90.9 Å². The van der Waals surface area contributed by atoms with Gasteiger partial charge in [-0.2, -0.15) is 0 Å². The highest BCUT2D eigenvalue weighted by Crippen LogP contribution is 2.15. The molecule has 0 heterocycles. The van der Waals surface area contributed by atoms with Gasteiger partial charge in [-0.25, -0.2) is 0 Å². The molecule has 0 N–H and O–H groups in total. The van der Waals surface area contributed by atoms with Crippen LogP contribution in [-0.4, -0.2) is 0 Å². The van der Waals surface area contributed by atoms with Gasteiger partial charge in [-0.05, 0) is 50.9 Å². The molecule has 0 aromatic carbocycles. The average Bonchev–Trinajstić information content (AvgIpc) is 2.45. The van der Waals surface area contributed by atoms with Gasteiger partial charge in [0.2, 0.25) is 0 Å². The van der Waals surface area contributed by atoms with Crippen molar-refractivity contribution < 1.29 is 0 Å². The molecule has 0 fully saturated rings. The van der Waals surface area contributed by atoms with Crippen LogP contribution in [0.25, 0.3) is 0 Å². The van der Waals surface area contributed by atoms with Crippen molar-refractivity contribution >= 4 is 0 Å². The zero-order valence-electron chi connectivity index (χ0n) is 14.1. The largest absolute Gasteiger partial charge is 0.0885 e. The monoisotopic (exact) mass is 277 g/mol. The third-order valence-corrected chi connectivity index (χ3v) is 3.73. The second-order valence-electron chi connectivity index (χ2n) is 5.96. The van der Waals surface area contributed by atoms with Gasteiger partial charge >= 0.3 is 0 Å². The minimum Gasteiger partial charge on any atom is -0.0885 e. The highest BCUT2D eigenvalue weighted by molar-refractivity contribution is 4.83. The third kappa shape index (κ3) is 15.5. The van der Waals surface area contributed by atoms with E-state index in [1.165, 1.54) is 77.0 Å². The van der Waals surface area contributed by atoms with Crippen molar-refractivity contribution in [1.29, 1.82) is 0 Å². The summed E-state index contributed by atoms with van der Waals surface area (Å²) in [6.07, 6.45) is 24.9. The first-order valence-corrected chi connectivity index (χ1v) is 8.94. The first-order chi connectivity index (χ1) is 9.81. The van der Waals surface area contributed by atoms with E-state index < -0.39 is 0 Å². The van der Waals surface area contributed by atoms with E-state index in [9.17, 15) is 0 Å². The van der Waals surface area contributed by atoms with Crippen molar-refractivity contribution in [3.05, 3.63) is 31.2 Å². The first kappa shape index (κ1) is 19.5. The summed E-state index contributed by atoms with van der Waals surface area (Å²) in [5.41, 5.74) is 0. The van der Waals surface area contributed by atoms with Crippen molar-refractivity contribution in [3.8, 4) is 0 Å². The predicted octanol–water partition coefficient (Wildman–Crippen LogP) is 7.27. The topological polar surface area (TPSA) is 0 Å². The van der Waals surface area contributed by atoms with Crippen LogP contribution in [0, 0.1) is 12.8 Å². The SMILES string of the molecule is [CH2]C(CCCC=CCCC)CCCC=CCCCCC. The zero-order valence-corrected chi connectivity index (χ0v) is 14.1. The van der Waals surface area contributed by atoms with E-state index in [0.717, 1.165) is 0 Å². The van der Waals surface area contributed by atoms with Crippen LogP contribution in [0.3, 0.4) is 0 Å². The Morgan fingerprint density at radius 3 is 1.65 bits per heavy atom. The van der Waals surface area contributed by atoms with Crippen LogP contribution in [0.5, 0.6) is 0 Å². The van der Waals surface area contributed by atoms with Crippen LogP contribution in [0.2, 0.25) is 0 Å². The second-order valence-corrected chi connectivity index (χ2v) is 5.96. The molecule has 0 nitrogen and oxygen atoms in total. The maximum Gasteiger partial charge on any atom is -0.0351 e. The fourth-order valence-electron chi connectivity index (χ4n) is 2.34. The first-order valence-electron chi connectivity index (χ1n) is 8.94. The lowest BCUT2D eigenvalue weighted by Gasteiger charge is -2.09. The number of unbranched alkanes of at least 4 members (excludes halogenated alkanes) is 6. The zero-order chi connectivity index (χ0) is 14.9. The fourth-order valence-corrected chi connectivity index (χ4v) is 2.34. The van der Waals surface area contributed by atoms with Gasteiger partial charge < -0.3 is 0 Å². The van der Waals surface area contributed by atoms with Crippen molar-refractivity contribution in [2.45, 2.75) is 90.9 Å². The summed E-state index contributed by atoms with van der Waals surface area (Å²) >= 11 is 0. The molecular weight excluding hydrogens is 240 g/mol. The van der Waals surface area contributed by atoms with E-state index in [1.807, 2.05) is 0 Å². The Kier molecular flexibility index (Phi) is 16.1. The highest BCUT2D eigenvalue weighted by Gasteiger charge is 2.00. The molecule has 1 radical (unpaired) electrons. The Bertz CT molecular complexity index is 224. The van der Waals surface area contributed by atoms with Gasteiger partial charge in [0.25, 0.3) is 0 Å². The van der Waals surface area contributed by atoms with Crippen molar-refractivity contribution in [2.24, 2.45) is 5.92 Å². The second kappa shape index (κ2) is 16.5. The molecule has 0 rings (SSSR count). The standard InChI is InChI=1S/C20H37/c1-4-6-8-10-12-13-15-17-19-20(3)18-16-14-11-9-7-5-2/h9,11-13,20H,3-8,10,14-19H2,1-2H3. The maximum absolute atomic E-state index is 4.28. The molecule has 0 amide bonds. The van der Waals surface area contributed by atoms with Crippen LogP contribution in [0.4, 0.5) is 0 Å². The lowest BCUT2D eigenvalue weighted by atomic mass is 9.97. The summed E-state index contributed by atoms with van der Waals surface area (Å²) in [5, 5.41) is 0. The summed E-state index contributed by atoms with van der Waals surface area (Å²) in [6, 6.07) is 0. The quantitative estimate of drug-likeness (QED) is 0.231.